The van der Waals surface area contributed by atoms with Gasteiger partial charge in [-0.3, -0.25) is 9.32 Å². The lowest BCUT2D eigenvalue weighted by molar-refractivity contribution is 0.104. The van der Waals surface area contributed by atoms with Gasteiger partial charge < -0.3 is 24.6 Å². The van der Waals surface area contributed by atoms with Gasteiger partial charge in [0.05, 0.1) is 14.2 Å². The number of ether oxygens (including phenoxy) is 2. The van der Waals surface area contributed by atoms with Gasteiger partial charge in [-0.05, 0) is 66.4 Å². The molecule has 7 nitrogen and oxygen atoms in total. The zero-order valence-corrected chi connectivity index (χ0v) is 17.7. The number of hydrogen-bond acceptors (Lipinski definition) is 7. The van der Waals surface area contributed by atoms with Crippen molar-refractivity contribution >= 4 is 26.1 Å². The second-order valence-electron chi connectivity index (χ2n) is 6.77. The summed E-state index contributed by atoms with van der Waals surface area (Å²) in [6.07, 6.45) is 2.44. The number of allylic oxidation sites excluding steroid dienone is 1. The van der Waals surface area contributed by atoms with E-state index in [9.17, 15) is 4.79 Å². The molecule has 0 unspecified atom stereocenters. The van der Waals surface area contributed by atoms with Gasteiger partial charge in [-0.25, -0.2) is 0 Å². The summed E-state index contributed by atoms with van der Waals surface area (Å²) in [6, 6.07) is 7.53. The number of methoxy groups -OCH3 is 2. The SMILES string of the molecule is COc1cc2c(cc1OC)C(=O)/C(=C/c1cc(C)c(NCOP(O)O)c(C)c1)C2. The Kier molecular flexibility index (Phi) is 6.55. The number of fused-ring (bicyclic) bond motifs is 1. The standard InChI is InChI=1S/C21H24NO6P/c1-12-5-14(6-13(2)20(12)22-11-28-29(24)25)7-16-8-15-9-18(26-3)19(27-4)10-17(15)21(16)23/h5-7,9-10,22,24-25H,8,11H2,1-4H3/b16-7+. The largest absolute Gasteiger partial charge is 0.493 e. The molecule has 0 fully saturated rings. The van der Waals surface area contributed by atoms with Crippen molar-refractivity contribution in [2.45, 2.75) is 20.3 Å². The van der Waals surface area contributed by atoms with Crippen LogP contribution < -0.4 is 14.8 Å². The molecule has 29 heavy (non-hydrogen) atoms. The second kappa shape index (κ2) is 8.93. The van der Waals surface area contributed by atoms with Crippen molar-refractivity contribution in [3.63, 3.8) is 0 Å². The number of ketones is 1. The highest BCUT2D eigenvalue weighted by Crippen LogP contribution is 2.37. The minimum atomic E-state index is -2.39. The predicted octanol–water partition coefficient (Wildman–Crippen LogP) is 3.74. The number of nitrogens with one attached hydrogen (secondary N) is 1. The molecule has 3 N–H and O–H groups in total. The molecule has 0 spiro atoms. The second-order valence-corrected chi connectivity index (χ2v) is 7.54. The Morgan fingerprint density at radius 3 is 2.28 bits per heavy atom. The Morgan fingerprint density at radius 2 is 1.69 bits per heavy atom. The molecule has 0 amide bonds. The van der Waals surface area contributed by atoms with Crippen LogP contribution in [0.5, 0.6) is 11.5 Å². The lowest BCUT2D eigenvalue weighted by Crippen LogP contribution is -2.06. The smallest absolute Gasteiger partial charge is 0.328 e. The van der Waals surface area contributed by atoms with E-state index in [1.54, 1.807) is 20.3 Å². The van der Waals surface area contributed by atoms with Crippen molar-refractivity contribution in [3.8, 4) is 11.5 Å². The molecule has 2 aromatic carbocycles. The molecule has 0 radical (unpaired) electrons. The predicted molar refractivity (Wildman–Crippen MR) is 112 cm³/mol. The highest BCUT2D eigenvalue weighted by atomic mass is 31.2. The van der Waals surface area contributed by atoms with Gasteiger partial charge in [-0.1, -0.05) is 0 Å². The monoisotopic (exact) mass is 417 g/mol. The maximum absolute atomic E-state index is 12.9. The molecule has 0 aromatic heterocycles. The van der Waals surface area contributed by atoms with E-state index in [4.69, 9.17) is 23.8 Å². The third kappa shape index (κ3) is 4.60. The normalized spacial score (nSPS) is 14.4. The molecule has 0 aliphatic heterocycles. The Morgan fingerprint density at radius 1 is 1.07 bits per heavy atom. The summed E-state index contributed by atoms with van der Waals surface area (Å²) in [5.41, 5.74) is 5.99. The van der Waals surface area contributed by atoms with Crippen molar-refractivity contribution in [1.29, 1.82) is 0 Å². The minimum absolute atomic E-state index is 0.00171. The molecule has 0 saturated heterocycles. The summed E-state index contributed by atoms with van der Waals surface area (Å²) < 4.78 is 15.4. The fraction of sp³-hybridized carbons (Fsp3) is 0.286. The van der Waals surface area contributed by atoms with Gasteiger partial charge in [0.1, 0.15) is 6.73 Å². The number of anilines is 1. The van der Waals surface area contributed by atoms with Gasteiger partial charge in [0.15, 0.2) is 17.3 Å². The highest BCUT2D eigenvalue weighted by molar-refractivity contribution is 7.39. The van der Waals surface area contributed by atoms with Gasteiger partial charge >= 0.3 is 8.60 Å². The van der Waals surface area contributed by atoms with E-state index in [-0.39, 0.29) is 12.5 Å². The summed E-state index contributed by atoms with van der Waals surface area (Å²) in [5, 5.41) is 3.04. The Hall–Kier alpha value is -2.44. The number of rotatable bonds is 7. The third-order valence-corrected chi connectivity index (χ3v) is 5.21. The van der Waals surface area contributed by atoms with Crippen LogP contribution >= 0.6 is 8.60 Å². The fourth-order valence-electron chi connectivity index (χ4n) is 3.58. The van der Waals surface area contributed by atoms with E-state index in [0.717, 1.165) is 27.9 Å². The van der Waals surface area contributed by atoms with Gasteiger partial charge in [-0.2, -0.15) is 0 Å². The van der Waals surface area contributed by atoms with E-state index < -0.39 is 8.60 Å². The lowest BCUT2D eigenvalue weighted by Gasteiger charge is -2.14. The van der Waals surface area contributed by atoms with Gasteiger partial charge in [0.2, 0.25) is 0 Å². The number of hydrogen-bond donors (Lipinski definition) is 3. The van der Waals surface area contributed by atoms with E-state index in [1.165, 1.54) is 0 Å². The van der Waals surface area contributed by atoms with Gasteiger partial charge in [0.25, 0.3) is 0 Å². The number of benzene rings is 2. The van der Waals surface area contributed by atoms with Crippen LogP contribution in [0.3, 0.4) is 0 Å². The lowest BCUT2D eigenvalue weighted by atomic mass is 10.0. The van der Waals surface area contributed by atoms with Gasteiger partial charge in [0, 0.05) is 23.2 Å². The molecule has 1 aliphatic carbocycles. The van der Waals surface area contributed by atoms with E-state index >= 15 is 0 Å². The highest BCUT2D eigenvalue weighted by Gasteiger charge is 2.27. The van der Waals surface area contributed by atoms with Crippen LogP contribution in [-0.4, -0.2) is 36.5 Å². The molecule has 0 atom stereocenters. The topological polar surface area (TPSA) is 97.3 Å². The van der Waals surface area contributed by atoms with Crippen molar-refractivity contribution in [2.75, 3.05) is 26.3 Å². The minimum Gasteiger partial charge on any atom is -0.493 e. The summed E-state index contributed by atoms with van der Waals surface area (Å²) in [7, 11) is 0.732. The Balaban J connectivity index is 1.86. The molecule has 1 aliphatic rings. The molecule has 0 saturated carbocycles. The maximum Gasteiger partial charge on any atom is 0.328 e. The van der Waals surface area contributed by atoms with Crippen molar-refractivity contribution in [2.24, 2.45) is 0 Å². The molecule has 8 heteroatoms. The zero-order chi connectivity index (χ0) is 21.1. The van der Waals surface area contributed by atoms with Gasteiger partial charge in [-0.15, -0.1) is 0 Å². The molecule has 0 bridgehead atoms. The number of carbonyl (C=O) groups is 1. The third-order valence-electron chi connectivity index (χ3n) is 4.85. The van der Waals surface area contributed by atoms with Crippen LogP contribution in [0, 0.1) is 13.8 Å². The first kappa shape index (κ1) is 21.3. The quantitative estimate of drug-likeness (QED) is 0.359. The molecular formula is C21H24NO6P. The Labute approximate surface area is 170 Å². The summed E-state index contributed by atoms with van der Waals surface area (Å²) in [4.78, 5) is 30.6. The average Bonchev–Trinajstić information content (AvgIpc) is 2.97. The van der Waals surface area contributed by atoms with Crippen molar-refractivity contribution in [1.82, 2.24) is 0 Å². The molecule has 154 valence electrons. The molecule has 2 aromatic rings. The number of Topliss-reactive ketones (excluding diaryl/α,β-unsaturated/α-hetero) is 1. The van der Waals surface area contributed by atoms with E-state index in [2.05, 4.69) is 5.32 Å². The van der Waals surface area contributed by atoms with Crippen LogP contribution in [0.25, 0.3) is 6.08 Å². The maximum atomic E-state index is 12.9. The average molecular weight is 417 g/mol. The van der Waals surface area contributed by atoms with E-state index in [0.29, 0.717) is 29.1 Å². The molecular weight excluding hydrogens is 393 g/mol. The first-order chi connectivity index (χ1) is 13.8. The van der Waals surface area contributed by atoms with Crippen LogP contribution in [0.1, 0.15) is 32.6 Å². The van der Waals surface area contributed by atoms with E-state index in [1.807, 2.05) is 38.1 Å². The first-order valence-corrected chi connectivity index (χ1v) is 10.2. The first-order valence-electron chi connectivity index (χ1n) is 9.00. The molecule has 0 heterocycles. The van der Waals surface area contributed by atoms with Crippen molar-refractivity contribution in [3.05, 3.63) is 57.7 Å². The summed E-state index contributed by atoms with van der Waals surface area (Å²) in [5.74, 6) is 1.14. The number of aryl methyl sites for hydroxylation is 2. The van der Waals surface area contributed by atoms with Crippen LogP contribution in [0.15, 0.2) is 29.8 Å². The van der Waals surface area contributed by atoms with Crippen LogP contribution in [-0.2, 0) is 10.9 Å². The van der Waals surface area contributed by atoms with Crippen LogP contribution in [0.4, 0.5) is 5.69 Å². The molecule has 3 rings (SSSR count). The van der Waals surface area contributed by atoms with Crippen LogP contribution in [0.2, 0.25) is 0 Å². The van der Waals surface area contributed by atoms with Crippen molar-refractivity contribution < 1.29 is 28.6 Å². The number of carbonyl (C=O) groups excluding carboxylic acids is 1. The Bertz CT molecular complexity index is 947. The summed E-state index contributed by atoms with van der Waals surface area (Å²) in [6.45, 7) is 3.89. The summed E-state index contributed by atoms with van der Waals surface area (Å²) >= 11 is 0. The fourth-order valence-corrected chi connectivity index (χ4v) is 3.76. The zero-order valence-electron chi connectivity index (χ0n) is 16.8.